The highest BCUT2D eigenvalue weighted by Crippen LogP contribution is 2.31. The highest BCUT2D eigenvalue weighted by Gasteiger charge is 2.15. The Hall–Kier alpha value is -2.70. The van der Waals surface area contributed by atoms with Gasteiger partial charge >= 0.3 is 0 Å². The zero-order valence-corrected chi connectivity index (χ0v) is 14.8. The number of rotatable bonds is 3. The van der Waals surface area contributed by atoms with Crippen molar-refractivity contribution < 1.29 is 4.79 Å². The number of benzene rings is 2. The van der Waals surface area contributed by atoms with E-state index in [1.54, 1.807) is 12.3 Å². The number of thiazole rings is 1. The summed E-state index contributed by atoms with van der Waals surface area (Å²) in [5, 5.41) is 11.9. The van der Waals surface area contributed by atoms with Crippen LogP contribution >= 0.6 is 22.9 Å². The van der Waals surface area contributed by atoms with Gasteiger partial charge in [-0.05, 0) is 25.1 Å². The number of aryl methyl sites for hydroxylation is 1. The molecule has 0 bridgehead atoms. The third kappa shape index (κ3) is 3.01. The number of amides is 1. The van der Waals surface area contributed by atoms with Crippen molar-refractivity contribution in [3.8, 4) is 11.3 Å². The monoisotopic (exact) mass is 368 g/mol. The van der Waals surface area contributed by atoms with Crippen molar-refractivity contribution in [2.75, 3.05) is 5.32 Å². The Kier molecular flexibility index (Phi) is 3.99. The van der Waals surface area contributed by atoms with Crippen LogP contribution in [0.4, 0.5) is 5.13 Å². The third-order valence-corrected chi connectivity index (χ3v) is 4.99. The van der Waals surface area contributed by atoms with Crippen molar-refractivity contribution in [1.29, 1.82) is 0 Å². The Bertz CT molecular complexity index is 1070. The van der Waals surface area contributed by atoms with Gasteiger partial charge in [0.2, 0.25) is 0 Å². The lowest BCUT2D eigenvalue weighted by Gasteiger charge is -2.03. The number of fused-ring (bicyclic) bond motifs is 1. The maximum Gasteiger partial charge on any atom is 0.259 e. The molecule has 4 aromatic rings. The summed E-state index contributed by atoms with van der Waals surface area (Å²) in [4.78, 5) is 18.2. The van der Waals surface area contributed by atoms with Gasteiger partial charge in [-0.2, -0.15) is 5.10 Å². The zero-order valence-electron chi connectivity index (χ0n) is 13.2. The molecular formula is C18H13ClN4OS. The first-order valence-corrected chi connectivity index (χ1v) is 8.78. The summed E-state index contributed by atoms with van der Waals surface area (Å²) in [6.45, 7) is 1.98. The lowest BCUT2D eigenvalue weighted by Crippen LogP contribution is -2.12. The molecule has 4 rings (SSSR count). The maximum absolute atomic E-state index is 12.6. The molecule has 0 aliphatic rings. The molecule has 0 unspecified atom stereocenters. The van der Waals surface area contributed by atoms with Crippen LogP contribution in [0.3, 0.4) is 0 Å². The quantitative estimate of drug-likeness (QED) is 0.540. The number of aromatic nitrogens is 3. The first-order valence-electron chi connectivity index (χ1n) is 7.58. The second-order valence-electron chi connectivity index (χ2n) is 5.52. The molecule has 0 aliphatic heterocycles. The van der Waals surface area contributed by atoms with E-state index in [9.17, 15) is 4.79 Å². The molecule has 25 heavy (non-hydrogen) atoms. The predicted octanol–water partition coefficient (Wildman–Crippen LogP) is 4.90. The molecule has 0 fully saturated rings. The molecule has 2 aromatic heterocycles. The largest absolute Gasteiger partial charge is 0.298 e. The van der Waals surface area contributed by atoms with E-state index < -0.39 is 0 Å². The van der Waals surface area contributed by atoms with Gasteiger partial charge in [-0.1, -0.05) is 35.9 Å². The van der Waals surface area contributed by atoms with Gasteiger partial charge in [-0.3, -0.25) is 15.2 Å². The van der Waals surface area contributed by atoms with E-state index in [1.807, 2.05) is 43.3 Å². The number of carbonyl (C=O) groups excluding carboxylic acids is 1. The molecule has 124 valence electrons. The minimum Gasteiger partial charge on any atom is -0.298 e. The lowest BCUT2D eigenvalue weighted by molar-refractivity contribution is 0.102. The smallest absolute Gasteiger partial charge is 0.259 e. The van der Waals surface area contributed by atoms with Crippen LogP contribution in [0.1, 0.15) is 15.2 Å². The summed E-state index contributed by atoms with van der Waals surface area (Å²) in [6, 6.07) is 13.0. The van der Waals surface area contributed by atoms with Crippen molar-refractivity contribution in [2.24, 2.45) is 0 Å². The highest BCUT2D eigenvalue weighted by atomic mass is 35.5. The molecule has 0 saturated carbocycles. The number of nitrogens with zero attached hydrogens (tertiary/aromatic N) is 2. The Morgan fingerprint density at radius 2 is 2.00 bits per heavy atom. The standard InChI is InChI=1S/C18H13ClN4OS/c1-10-15(11-5-7-13(19)8-6-11)21-18(25-10)22-17(24)14-4-2-3-12-9-20-23-16(12)14/h2-9H,1H3,(H,20,23)(H,21,22,24). The average Bonchev–Trinajstić information content (AvgIpc) is 3.21. The van der Waals surface area contributed by atoms with Crippen LogP contribution in [-0.4, -0.2) is 21.1 Å². The number of para-hydroxylation sites is 1. The van der Waals surface area contributed by atoms with E-state index in [-0.39, 0.29) is 5.91 Å². The first kappa shape index (κ1) is 15.8. The van der Waals surface area contributed by atoms with Crippen molar-refractivity contribution in [3.63, 3.8) is 0 Å². The average molecular weight is 369 g/mol. The van der Waals surface area contributed by atoms with Crippen LogP contribution in [0.15, 0.2) is 48.7 Å². The fraction of sp³-hybridized carbons (Fsp3) is 0.0556. The number of hydrogen-bond acceptors (Lipinski definition) is 4. The van der Waals surface area contributed by atoms with Crippen LogP contribution in [0.5, 0.6) is 0 Å². The number of aromatic amines is 1. The molecule has 0 spiro atoms. The van der Waals surface area contributed by atoms with E-state index >= 15 is 0 Å². The summed E-state index contributed by atoms with van der Waals surface area (Å²) in [7, 11) is 0. The summed E-state index contributed by atoms with van der Waals surface area (Å²) in [5.74, 6) is -0.216. The summed E-state index contributed by atoms with van der Waals surface area (Å²) < 4.78 is 0. The van der Waals surface area contributed by atoms with Gasteiger partial charge in [0, 0.05) is 20.8 Å². The van der Waals surface area contributed by atoms with Crippen LogP contribution in [-0.2, 0) is 0 Å². The second kappa shape index (κ2) is 6.31. The number of nitrogens with one attached hydrogen (secondary N) is 2. The normalized spacial score (nSPS) is 11.0. The van der Waals surface area contributed by atoms with E-state index in [0.717, 1.165) is 21.5 Å². The van der Waals surface area contributed by atoms with E-state index in [4.69, 9.17) is 11.6 Å². The Morgan fingerprint density at radius 1 is 1.20 bits per heavy atom. The van der Waals surface area contributed by atoms with Gasteiger partial charge < -0.3 is 0 Å². The number of halogens is 1. The number of hydrogen-bond donors (Lipinski definition) is 2. The number of carbonyl (C=O) groups is 1. The topological polar surface area (TPSA) is 70.7 Å². The van der Waals surface area contributed by atoms with E-state index in [0.29, 0.717) is 21.2 Å². The molecule has 7 heteroatoms. The van der Waals surface area contributed by atoms with E-state index in [1.165, 1.54) is 11.3 Å². The molecule has 0 saturated heterocycles. The molecule has 5 nitrogen and oxygen atoms in total. The van der Waals surface area contributed by atoms with Gasteiger partial charge in [0.1, 0.15) is 0 Å². The molecular weight excluding hydrogens is 356 g/mol. The number of H-pyrrole nitrogens is 1. The van der Waals surface area contributed by atoms with Crippen molar-refractivity contribution in [2.45, 2.75) is 6.92 Å². The predicted molar refractivity (Wildman–Crippen MR) is 101 cm³/mol. The van der Waals surface area contributed by atoms with Gasteiger partial charge in [0.25, 0.3) is 5.91 Å². The first-order chi connectivity index (χ1) is 12.1. The molecule has 0 radical (unpaired) electrons. The second-order valence-corrected chi connectivity index (χ2v) is 7.16. The number of anilines is 1. The third-order valence-electron chi connectivity index (χ3n) is 3.86. The Balaban J connectivity index is 1.63. The maximum atomic E-state index is 12.6. The Morgan fingerprint density at radius 3 is 2.80 bits per heavy atom. The summed E-state index contributed by atoms with van der Waals surface area (Å²) in [6.07, 6.45) is 1.69. The highest BCUT2D eigenvalue weighted by molar-refractivity contribution is 7.16. The van der Waals surface area contributed by atoms with Crippen LogP contribution in [0.25, 0.3) is 22.2 Å². The molecule has 0 atom stereocenters. The fourth-order valence-electron chi connectivity index (χ4n) is 2.65. The molecule has 0 aliphatic carbocycles. The van der Waals surface area contributed by atoms with Crippen LogP contribution < -0.4 is 5.32 Å². The molecule has 2 heterocycles. The minimum atomic E-state index is -0.216. The van der Waals surface area contributed by atoms with Crippen LogP contribution in [0, 0.1) is 6.92 Å². The van der Waals surface area contributed by atoms with Crippen LogP contribution in [0.2, 0.25) is 5.02 Å². The fourth-order valence-corrected chi connectivity index (χ4v) is 3.60. The SMILES string of the molecule is Cc1sc(NC(=O)c2cccc3cn[nH]c23)nc1-c1ccc(Cl)cc1. The van der Waals surface area contributed by atoms with Crippen molar-refractivity contribution in [3.05, 3.63) is 64.1 Å². The minimum absolute atomic E-state index is 0.216. The molecule has 2 N–H and O–H groups in total. The summed E-state index contributed by atoms with van der Waals surface area (Å²) in [5.41, 5.74) is 3.06. The van der Waals surface area contributed by atoms with Gasteiger partial charge in [0.05, 0.1) is 23.0 Å². The van der Waals surface area contributed by atoms with Gasteiger partial charge in [-0.15, -0.1) is 11.3 Å². The van der Waals surface area contributed by atoms with Gasteiger partial charge in [-0.25, -0.2) is 4.98 Å². The summed E-state index contributed by atoms with van der Waals surface area (Å²) >= 11 is 7.38. The van der Waals surface area contributed by atoms with E-state index in [2.05, 4.69) is 20.5 Å². The zero-order chi connectivity index (χ0) is 17.4. The van der Waals surface area contributed by atoms with Crippen molar-refractivity contribution in [1.82, 2.24) is 15.2 Å². The molecule has 2 aromatic carbocycles. The molecule has 1 amide bonds. The Labute approximate surface area is 152 Å². The van der Waals surface area contributed by atoms with Gasteiger partial charge in [0.15, 0.2) is 5.13 Å². The lowest BCUT2D eigenvalue weighted by atomic mass is 10.1. The van der Waals surface area contributed by atoms with Crippen molar-refractivity contribution >= 4 is 44.9 Å².